The predicted molar refractivity (Wildman–Crippen MR) is 57.1 cm³/mol. The lowest BCUT2D eigenvalue weighted by atomic mass is 10.1. The highest BCUT2D eigenvalue weighted by Crippen LogP contribution is 2.40. The summed E-state index contributed by atoms with van der Waals surface area (Å²) >= 11 is 0. The van der Waals surface area contributed by atoms with Crippen LogP contribution < -0.4 is 4.73 Å². The first-order valence-electron chi connectivity index (χ1n) is 4.63. The first-order chi connectivity index (χ1) is 7.47. The van der Waals surface area contributed by atoms with Crippen LogP contribution in [0.2, 0.25) is 0 Å². The number of fused-ring (bicyclic) bond motifs is 1. The van der Waals surface area contributed by atoms with Crippen molar-refractivity contribution in [1.82, 2.24) is 0 Å². The summed E-state index contributed by atoms with van der Waals surface area (Å²) in [4.78, 5) is 17.9. The monoisotopic (exact) mass is 240 g/mol. The minimum absolute atomic E-state index is 0.380. The van der Waals surface area contributed by atoms with Gasteiger partial charge in [-0.05, 0) is 12.1 Å². The summed E-state index contributed by atoms with van der Waals surface area (Å²) in [5, 5.41) is 10.3. The van der Waals surface area contributed by atoms with Gasteiger partial charge in [0.05, 0.1) is 11.5 Å². The van der Waals surface area contributed by atoms with Gasteiger partial charge in [0.2, 0.25) is 6.20 Å². The fraction of sp³-hybridized carbons (Fsp3) is 0.100. The van der Waals surface area contributed by atoms with Crippen LogP contribution in [0.25, 0.3) is 10.9 Å². The van der Waals surface area contributed by atoms with Crippen molar-refractivity contribution >= 4 is 18.5 Å². The molecule has 0 aliphatic heterocycles. The summed E-state index contributed by atoms with van der Waals surface area (Å²) in [7, 11) is -4.14. The first kappa shape index (κ1) is 11.1. The van der Waals surface area contributed by atoms with Crippen molar-refractivity contribution in [1.29, 1.82) is 0 Å². The average molecular weight is 240 g/mol. The SMILES string of the molecule is O=P(O)(O)Cc1cccc2ccc[n+](O)c12. The maximum absolute atomic E-state index is 11.0. The fourth-order valence-electron chi connectivity index (χ4n) is 1.68. The van der Waals surface area contributed by atoms with Crippen LogP contribution in [0.1, 0.15) is 5.56 Å². The molecule has 2 rings (SSSR count). The third-order valence-electron chi connectivity index (χ3n) is 2.26. The van der Waals surface area contributed by atoms with Gasteiger partial charge in [0.1, 0.15) is 0 Å². The molecule has 6 heteroatoms. The Morgan fingerprint density at radius 3 is 2.56 bits per heavy atom. The fourth-order valence-corrected chi connectivity index (χ4v) is 2.38. The molecule has 84 valence electrons. The number of para-hydroxylation sites is 1. The molecule has 1 aromatic heterocycles. The van der Waals surface area contributed by atoms with Crippen molar-refractivity contribution in [3.05, 3.63) is 42.1 Å². The number of hydrogen-bond acceptors (Lipinski definition) is 2. The van der Waals surface area contributed by atoms with E-state index >= 15 is 0 Å². The maximum Gasteiger partial charge on any atom is 0.330 e. The molecule has 0 spiro atoms. The molecular weight excluding hydrogens is 229 g/mol. The minimum Gasteiger partial charge on any atom is -0.324 e. The van der Waals surface area contributed by atoms with E-state index in [1.807, 2.05) is 0 Å². The lowest BCUT2D eigenvalue weighted by Crippen LogP contribution is -2.30. The smallest absolute Gasteiger partial charge is 0.324 e. The Morgan fingerprint density at radius 2 is 1.88 bits per heavy atom. The van der Waals surface area contributed by atoms with Gasteiger partial charge >= 0.3 is 7.60 Å². The van der Waals surface area contributed by atoms with Gasteiger partial charge in [-0.3, -0.25) is 9.77 Å². The summed E-state index contributed by atoms with van der Waals surface area (Å²) in [6.07, 6.45) is 1.04. The number of benzene rings is 1. The van der Waals surface area contributed by atoms with E-state index in [-0.39, 0.29) is 6.16 Å². The van der Waals surface area contributed by atoms with Crippen molar-refractivity contribution in [2.75, 3.05) is 0 Å². The number of hydrogen-bond donors (Lipinski definition) is 3. The number of pyridine rings is 1. The van der Waals surface area contributed by atoms with Crippen LogP contribution in [-0.4, -0.2) is 15.0 Å². The molecule has 5 nitrogen and oxygen atoms in total. The summed E-state index contributed by atoms with van der Waals surface area (Å²) in [5.74, 6) is 0. The van der Waals surface area contributed by atoms with E-state index in [4.69, 9.17) is 9.79 Å². The van der Waals surface area contributed by atoms with E-state index in [2.05, 4.69) is 0 Å². The minimum atomic E-state index is -4.14. The Morgan fingerprint density at radius 1 is 1.19 bits per heavy atom. The zero-order chi connectivity index (χ0) is 11.8. The summed E-state index contributed by atoms with van der Waals surface area (Å²) < 4.78 is 11.8. The Bertz CT molecular complexity index is 573. The topological polar surface area (TPSA) is 81.6 Å². The quantitative estimate of drug-likeness (QED) is 0.416. The maximum atomic E-state index is 11.0. The van der Waals surface area contributed by atoms with Gasteiger partial charge in [0.15, 0.2) is 0 Å². The van der Waals surface area contributed by atoms with E-state index < -0.39 is 7.60 Å². The van der Waals surface area contributed by atoms with Gasteiger partial charge in [0, 0.05) is 16.4 Å². The van der Waals surface area contributed by atoms with Crippen molar-refractivity contribution in [3.63, 3.8) is 0 Å². The van der Waals surface area contributed by atoms with Crippen molar-refractivity contribution in [3.8, 4) is 0 Å². The molecule has 0 aliphatic rings. The highest BCUT2D eigenvalue weighted by atomic mass is 31.2. The predicted octanol–water partition coefficient (Wildman–Crippen LogP) is 1.04. The summed E-state index contributed by atoms with van der Waals surface area (Å²) in [6, 6.07) is 8.49. The zero-order valence-electron chi connectivity index (χ0n) is 8.32. The van der Waals surface area contributed by atoms with Crippen molar-refractivity contribution < 1.29 is 24.3 Å². The van der Waals surface area contributed by atoms with Crippen LogP contribution >= 0.6 is 7.60 Å². The van der Waals surface area contributed by atoms with Gasteiger partial charge < -0.3 is 9.79 Å². The van der Waals surface area contributed by atoms with Crippen LogP contribution in [0.5, 0.6) is 0 Å². The molecular formula is C10H11NO4P+. The molecule has 3 N–H and O–H groups in total. The van der Waals surface area contributed by atoms with Gasteiger partial charge in [-0.1, -0.05) is 12.1 Å². The lowest BCUT2D eigenvalue weighted by Gasteiger charge is -2.04. The number of aromatic nitrogens is 1. The van der Waals surface area contributed by atoms with Crippen molar-refractivity contribution in [2.24, 2.45) is 0 Å². The molecule has 0 atom stereocenters. The highest BCUT2D eigenvalue weighted by Gasteiger charge is 2.21. The molecule has 0 saturated heterocycles. The van der Waals surface area contributed by atoms with Gasteiger partial charge in [-0.15, -0.1) is 0 Å². The molecule has 16 heavy (non-hydrogen) atoms. The second kappa shape index (κ2) is 3.87. The highest BCUT2D eigenvalue weighted by molar-refractivity contribution is 7.50. The standard InChI is InChI=1S/C10H10NO4P/c12-11-6-2-5-8-3-1-4-9(10(8)11)7-16(13,14)15/h1-6H,7H2,(H2-,12,13,14,15)/p+1. The Labute approximate surface area is 91.7 Å². The lowest BCUT2D eigenvalue weighted by molar-refractivity contribution is -0.884. The first-order valence-corrected chi connectivity index (χ1v) is 6.43. The molecule has 0 bridgehead atoms. The van der Waals surface area contributed by atoms with E-state index in [0.717, 1.165) is 10.1 Å². The van der Waals surface area contributed by atoms with Crippen molar-refractivity contribution in [2.45, 2.75) is 6.16 Å². The molecule has 0 aliphatic carbocycles. The van der Waals surface area contributed by atoms with Gasteiger partial charge in [-0.25, -0.2) is 0 Å². The largest absolute Gasteiger partial charge is 0.330 e. The second-order valence-electron chi connectivity index (χ2n) is 3.53. The average Bonchev–Trinajstić information content (AvgIpc) is 2.15. The van der Waals surface area contributed by atoms with E-state index in [1.54, 1.807) is 30.3 Å². The van der Waals surface area contributed by atoms with Crippen LogP contribution in [0.15, 0.2) is 36.5 Å². The number of nitrogens with zero attached hydrogens (tertiary/aromatic N) is 1. The molecule has 0 saturated carbocycles. The van der Waals surface area contributed by atoms with Crippen LogP contribution in [0, 0.1) is 0 Å². The van der Waals surface area contributed by atoms with Crippen LogP contribution in [-0.2, 0) is 10.7 Å². The van der Waals surface area contributed by atoms with Gasteiger partial charge in [0.25, 0.3) is 5.52 Å². The Balaban J connectivity index is 2.66. The third kappa shape index (κ3) is 2.22. The molecule has 0 unspecified atom stereocenters. The third-order valence-corrected chi connectivity index (χ3v) is 3.01. The normalized spacial score (nSPS) is 11.9. The zero-order valence-corrected chi connectivity index (χ0v) is 9.21. The molecule has 0 amide bonds. The second-order valence-corrected chi connectivity index (χ2v) is 5.18. The molecule has 1 heterocycles. The van der Waals surface area contributed by atoms with Crippen LogP contribution in [0.4, 0.5) is 0 Å². The molecule has 2 aromatic rings. The number of rotatable bonds is 2. The Hall–Kier alpha value is -1.42. The molecule has 1 aromatic carbocycles. The molecule has 0 fully saturated rings. The van der Waals surface area contributed by atoms with E-state index in [9.17, 15) is 9.77 Å². The van der Waals surface area contributed by atoms with Crippen LogP contribution in [0.3, 0.4) is 0 Å². The summed E-state index contributed by atoms with van der Waals surface area (Å²) in [6.45, 7) is 0. The van der Waals surface area contributed by atoms with E-state index in [0.29, 0.717) is 11.1 Å². The summed E-state index contributed by atoms with van der Waals surface area (Å²) in [5.41, 5.74) is 0.849. The molecule has 0 radical (unpaired) electrons. The van der Waals surface area contributed by atoms with E-state index in [1.165, 1.54) is 6.20 Å². The van der Waals surface area contributed by atoms with Gasteiger partial charge in [-0.2, -0.15) is 0 Å². The Kier molecular flexibility index (Phi) is 2.68.